The molecule has 1 saturated heterocycles. The molecule has 3 N–H and O–H groups in total. The van der Waals surface area contributed by atoms with Crippen molar-refractivity contribution in [3.8, 4) is 5.75 Å². The number of halogens is 1. The molecule has 2 aromatic rings. The summed E-state index contributed by atoms with van der Waals surface area (Å²) in [5.41, 5.74) is 3.34. The van der Waals surface area contributed by atoms with Crippen LogP contribution in [0.2, 0.25) is 0 Å². The molecule has 6 nitrogen and oxygen atoms in total. The number of aliphatic hydroxyl groups excluding tert-OH is 1. The molecule has 0 aliphatic carbocycles. The third-order valence-corrected chi connectivity index (χ3v) is 5.17. The fourth-order valence-corrected chi connectivity index (χ4v) is 3.51. The molecule has 2 atom stereocenters. The lowest BCUT2D eigenvalue weighted by Crippen LogP contribution is -2.44. The Bertz CT molecular complexity index is 813. The van der Waals surface area contributed by atoms with Crippen LogP contribution in [-0.4, -0.2) is 50.4 Å². The van der Waals surface area contributed by atoms with Gasteiger partial charge >= 0.3 is 0 Å². The highest BCUT2D eigenvalue weighted by Crippen LogP contribution is 2.21. The van der Waals surface area contributed by atoms with Gasteiger partial charge in [-0.05, 0) is 50.1 Å². The van der Waals surface area contributed by atoms with Crippen molar-refractivity contribution < 1.29 is 9.84 Å². The SMILES string of the molecule is CCNC(=NCC(O)c1cccc(OC)c1)NC1CCN(c2ccc(C)cc2)C1.I. The molecule has 1 heterocycles. The number of guanidine groups is 1. The van der Waals surface area contributed by atoms with Gasteiger partial charge in [0.05, 0.1) is 19.8 Å². The summed E-state index contributed by atoms with van der Waals surface area (Å²) in [6, 6.07) is 16.5. The number of hydrogen-bond donors (Lipinski definition) is 3. The summed E-state index contributed by atoms with van der Waals surface area (Å²) in [6.45, 7) is 7.17. The number of aliphatic imine (C=N–C) groups is 1. The van der Waals surface area contributed by atoms with E-state index >= 15 is 0 Å². The maximum Gasteiger partial charge on any atom is 0.191 e. The number of ether oxygens (including phenoxy) is 1. The molecule has 0 spiro atoms. The number of aliphatic hydroxyl groups is 1. The van der Waals surface area contributed by atoms with Crippen LogP contribution in [0, 0.1) is 6.92 Å². The summed E-state index contributed by atoms with van der Waals surface area (Å²) >= 11 is 0. The molecule has 0 saturated carbocycles. The highest BCUT2D eigenvalue weighted by Gasteiger charge is 2.23. The van der Waals surface area contributed by atoms with Crippen LogP contribution in [0.15, 0.2) is 53.5 Å². The summed E-state index contributed by atoms with van der Waals surface area (Å²) in [5.74, 6) is 1.47. The fraction of sp³-hybridized carbons (Fsp3) is 0.435. The summed E-state index contributed by atoms with van der Waals surface area (Å²) in [4.78, 5) is 7.00. The van der Waals surface area contributed by atoms with E-state index in [4.69, 9.17) is 4.74 Å². The molecule has 2 unspecified atom stereocenters. The number of methoxy groups -OCH3 is 1. The van der Waals surface area contributed by atoms with Crippen LogP contribution in [0.4, 0.5) is 5.69 Å². The predicted molar refractivity (Wildman–Crippen MR) is 134 cm³/mol. The predicted octanol–water partition coefficient (Wildman–Crippen LogP) is 3.49. The van der Waals surface area contributed by atoms with E-state index in [-0.39, 0.29) is 30.5 Å². The summed E-state index contributed by atoms with van der Waals surface area (Å²) in [7, 11) is 1.62. The number of hydrogen-bond acceptors (Lipinski definition) is 4. The number of rotatable bonds is 7. The topological polar surface area (TPSA) is 69.1 Å². The maximum atomic E-state index is 10.5. The van der Waals surface area contributed by atoms with Gasteiger partial charge in [0.2, 0.25) is 0 Å². The quantitative estimate of drug-likeness (QED) is 0.294. The Labute approximate surface area is 196 Å². The van der Waals surface area contributed by atoms with Crippen molar-refractivity contribution in [2.45, 2.75) is 32.4 Å². The lowest BCUT2D eigenvalue weighted by Gasteiger charge is -2.21. The summed E-state index contributed by atoms with van der Waals surface area (Å²) in [5, 5.41) is 17.3. The lowest BCUT2D eigenvalue weighted by atomic mass is 10.1. The van der Waals surface area contributed by atoms with Gasteiger partial charge in [-0.3, -0.25) is 4.99 Å². The van der Waals surface area contributed by atoms with E-state index < -0.39 is 6.10 Å². The summed E-state index contributed by atoms with van der Waals surface area (Å²) < 4.78 is 5.23. The van der Waals surface area contributed by atoms with Gasteiger partial charge in [-0.1, -0.05) is 29.8 Å². The zero-order valence-corrected chi connectivity index (χ0v) is 20.3. The molecule has 3 rings (SSSR count). The largest absolute Gasteiger partial charge is 0.497 e. The Morgan fingerprint density at radius 1 is 1.27 bits per heavy atom. The zero-order chi connectivity index (χ0) is 20.6. The number of nitrogens with one attached hydrogen (secondary N) is 2. The number of anilines is 1. The monoisotopic (exact) mass is 524 g/mol. The third-order valence-electron chi connectivity index (χ3n) is 5.17. The molecule has 0 radical (unpaired) electrons. The minimum Gasteiger partial charge on any atom is -0.497 e. The molecule has 0 amide bonds. The van der Waals surface area contributed by atoms with Crippen molar-refractivity contribution in [2.24, 2.45) is 4.99 Å². The van der Waals surface area contributed by atoms with Crippen molar-refractivity contribution in [3.05, 3.63) is 59.7 Å². The molecule has 7 heteroatoms. The van der Waals surface area contributed by atoms with Crippen molar-refractivity contribution in [1.29, 1.82) is 0 Å². The maximum absolute atomic E-state index is 10.5. The van der Waals surface area contributed by atoms with E-state index in [2.05, 4.69) is 51.7 Å². The van der Waals surface area contributed by atoms with Crippen LogP contribution < -0.4 is 20.3 Å². The van der Waals surface area contributed by atoms with Crippen molar-refractivity contribution in [1.82, 2.24) is 10.6 Å². The van der Waals surface area contributed by atoms with Gasteiger partial charge in [-0.2, -0.15) is 0 Å². The molecular weight excluding hydrogens is 491 g/mol. The van der Waals surface area contributed by atoms with Crippen molar-refractivity contribution in [3.63, 3.8) is 0 Å². The van der Waals surface area contributed by atoms with Crippen LogP contribution in [0.1, 0.15) is 30.6 Å². The van der Waals surface area contributed by atoms with Crippen LogP contribution in [0.3, 0.4) is 0 Å². The first kappa shape index (κ1) is 24.3. The third kappa shape index (κ3) is 6.77. The first-order chi connectivity index (χ1) is 14.1. The van der Waals surface area contributed by atoms with E-state index in [1.165, 1.54) is 11.3 Å². The van der Waals surface area contributed by atoms with Gasteiger partial charge in [0.25, 0.3) is 0 Å². The Morgan fingerprint density at radius 3 is 2.73 bits per heavy atom. The molecular formula is C23H33IN4O2. The molecule has 1 fully saturated rings. The molecule has 164 valence electrons. The standard InChI is InChI=1S/C23H32N4O2.HI/c1-4-24-23(25-15-22(28)18-6-5-7-21(14-18)29-3)26-19-12-13-27(16-19)20-10-8-17(2)9-11-20;/h5-11,14,19,22,28H,4,12-13,15-16H2,1-3H3,(H2,24,25,26);1H. The van der Waals surface area contributed by atoms with Crippen molar-refractivity contribution in [2.75, 3.05) is 38.2 Å². The Morgan fingerprint density at radius 2 is 2.03 bits per heavy atom. The van der Waals surface area contributed by atoms with Gasteiger partial charge in [-0.25, -0.2) is 0 Å². The van der Waals surface area contributed by atoms with E-state index in [1.807, 2.05) is 31.2 Å². The minimum atomic E-state index is -0.673. The second-order valence-electron chi connectivity index (χ2n) is 7.42. The van der Waals surface area contributed by atoms with Crippen LogP contribution >= 0.6 is 24.0 Å². The first-order valence-corrected chi connectivity index (χ1v) is 10.3. The van der Waals surface area contributed by atoms with Gasteiger partial charge in [-0.15, -0.1) is 24.0 Å². The highest BCUT2D eigenvalue weighted by molar-refractivity contribution is 14.0. The number of benzene rings is 2. The molecule has 1 aliphatic rings. The van der Waals surface area contributed by atoms with Crippen molar-refractivity contribution >= 4 is 35.6 Å². The second kappa shape index (κ2) is 12.0. The van der Waals surface area contributed by atoms with Gasteiger partial charge < -0.3 is 25.4 Å². The zero-order valence-electron chi connectivity index (χ0n) is 18.0. The molecule has 30 heavy (non-hydrogen) atoms. The minimum absolute atomic E-state index is 0. The van der Waals surface area contributed by atoms with E-state index in [1.54, 1.807) is 7.11 Å². The van der Waals surface area contributed by atoms with Crippen LogP contribution in [-0.2, 0) is 0 Å². The molecule has 2 aromatic carbocycles. The number of aryl methyl sites for hydroxylation is 1. The smallest absolute Gasteiger partial charge is 0.191 e. The Kier molecular flexibility index (Phi) is 9.71. The van der Waals surface area contributed by atoms with E-state index in [0.29, 0.717) is 6.04 Å². The van der Waals surface area contributed by atoms with Crippen LogP contribution in [0.25, 0.3) is 0 Å². The molecule has 0 aromatic heterocycles. The van der Waals surface area contributed by atoms with Gasteiger partial charge in [0, 0.05) is 31.4 Å². The normalized spacial score (nSPS) is 17.3. The molecule has 1 aliphatic heterocycles. The first-order valence-electron chi connectivity index (χ1n) is 10.3. The number of nitrogens with zero attached hydrogens (tertiary/aromatic N) is 2. The fourth-order valence-electron chi connectivity index (χ4n) is 3.51. The second-order valence-corrected chi connectivity index (χ2v) is 7.42. The van der Waals surface area contributed by atoms with Gasteiger partial charge in [0.1, 0.15) is 5.75 Å². The van der Waals surface area contributed by atoms with Crippen LogP contribution in [0.5, 0.6) is 5.75 Å². The summed E-state index contributed by atoms with van der Waals surface area (Å²) in [6.07, 6.45) is 0.379. The lowest BCUT2D eigenvalue weighted by molar-refractivity contribution is 0.186. The average Bonchev–Trinajstić information content (AvgIpc) is 3.21. The Hall–Kier alpha value is -2.00. The van der Waals surface area contributed by atoms with E-state index in [9.17, 15) is 5.11 Å². The highest BCUT2D eigenvalue weighted by atomic mass is 127. The molecule has 0 bridgehead atoms. The van der Waals surface area contributed by atoms with E-state index in [0.717, 1.165) is 43.3 Å². The van der Waals surface area contributed by atoms with Gasteiger partial charge in [0.15, 0.2) is 5.96 Å². The average molecular weight is 524 g/mol. The Balaban J connectivity index is 0.00000320.